The first-order valence-corrected chi connectivity index (χ1v) is 9.33. The first-order valence-electron chi connectivity index (χ1n) is 7.85. The van der Waals surface area contributed by atoms with E-state index in [1.165, 1.54) is 30.5 Å². The molecule has 1 aromatic carbocycles. The lowest BCUT2D eigenvalue weighted by Gasteiger charge is -2.13. The first-order chi connectivity index (χ1) is 11.4. The second-order valence-electron chi connectivity index (χ2n) is 5.59. The van der Waals surface area contributed by atoms with E-state index in [-0.39, 0.29) is 23.4 Å². The van der Waals surface area contributed by atoms with Gasteiger partial charge >= 0.3 is 0 Å². The number of hydrogen-bond donors (Lipinski definition) is 2. The summed E-state index contributed by atoms with van der Waals surface area (Å²) in [7, 11) is -3.65. The Morgan fingerprint density at radius 2 is 1.92 bits per heavy atom. The van der Waals surface area contributed by atoms with E-state index in [9.17, 15) is 13.2 Å². The minimum atomic E-state index is -3.65. The highest BCUT2D eigenvalue weighted by Gasteiger charge is 2.16. The summed E-state index contributed by atoms with van der Waals surface area (Å²) in [5.74, 6) is 0.322. The van der Waals surface area contributed by atoms with Crippen molar-refractivity contribution in [3.63, 3.8) is 0 Å². The van der Waals surface area contributed by atoms with Crippen LogP contribution in [0.4, 0.5) is 0 Å². The molecule has 1 heterocycles. The third-order valence-corrected chi connectivity index (χ3v) is 4.96. The summed E-state index contributed by atoms with van der Waals surface area (Å²) in [6.45, 7) is 4.07. The standard InChI is InChI=1S/C17H22N2O4S/c1-3-5-13(2)19-17(20)14-7-9-16(10-8-14)24(21,22)18-12-15-6-4-11-23-15/h4,6-11,13,18H,3,5,12H2,1-2H3,(H,19,20). The number of nitrogens with one attached hydrogen (secondary N) is 2. The van der Waals surface area contributed by atoms with Crippen LogP contribution in [0.3, 0.4) is 0 Å². The highest BCUT2D eigenvalue weighted by atomic mass is 32.2. The van der Waals surface area contributed by atoms with E-state index in [4.69, 9.17) is 4.42 Å². The third-order valence-electron chi connectivity index (χ3n) is 3.54. The zero-order valence-electron chi connectivity index (χ0n) is 13.8. The van der Waals surface area contributed by atoms with E-state index in [1.54, 1.807) is 12.1 Å². The normalized spacial score (nSPS) is 12.8. The van der Waals surface area contributed by atoms with Crippen LogP contribution in [0, 0.1) is 0 Å². The van der Waals surface area contributed by atoms with Crippen LogP contribution in [0.25, 0.3) is 0 Å². The fourth-order valence-electron chi connectivity index (χ4n) is 2.26. The minimum absolute atomic E-state index is 0.0755. The van der Waals surface area contributed by atoms with E-state index in [2.05, 4.69) is 17.0 Å². The van der Waals surface area contributed by atoms with Crippen molar-refractivity contribution in [2.24, 2.45) is 0 Å². The van der Waals surface area contributed by atoms with Crippen molar-refractivity contribution < 1.29 is 17.6 Å². The molecular weight excluding hydrogens is 328 g/mol. The summed E-state index contributed by atoms with van der Waals surface area (Å²) in [5, 5.41) is 2.88. The van der Waals surface area contributed by atoms with E-state index in [1.807, 2.05) is 6.92 Å². The molecule has 1 atom stereocenters. The maximum absolute atomic E-state index is 12.2. The molecule has 0 spiro atoms. The predicted octanol–water partition coefficient (Wildman–Crippen LogP) is 2.68. The molecule has 0 fully saturated rings. The molecule has 24 heavy (non-hydrogen) atoms. The van der Waals surface area contributed by atoms with Crippen LogP contribution in [-0.2, 0) is 16.6 Å². The topological polar surface area (TPSA) is 88.4 Å². The summed E-state index contributed by atoms with van der Waals surface area (Å²) in [6, 6.07) is 9.32. The monoisotopic (exact) mass is 350 g/mol. The Bertz CT molecular complexity index is 752. The van der Waals surface area contributed by atoms with Crippen molar-refractivity contribution in [2.45, 2.75) is 44.2 Å². The fraction of sp³-hybridized carbons (Fsp3) is 0.353. The number of rotatable bonds is 8. The van der Waals surface area contributed by atoms with Crippen LogP contribution < -0.4 is 10.0 Å². The molecule has 0 radical (unpaired) electrons. The van der Waals surface area contributed by atoms with Crippen molar-refractivity contribution in [2.75, 3.05) is 0 Å². The molecule has 0 saturated carbocycles. The Balaban J connectivity index is 2.01. The first kappa shape index (κ1) is 18.2. The molecule has 6 nitrogen and oxygen atoms in total. The SMILES string of the molecule is CCCC(C)NC(=O)c1ccc(S(=O)(=O)NCc2ccco2)cc1. The van der Waals surface area contributed by atoms with Gasteiger partial charge in [0.25, 0.3) is 5.91 Å². The van der Waals surface area contributed by atoms with Crippen LogP contribution >= 0.6 is 0 Å². The number of hydrogen-bond acceptors (Lipinski definition) is 4. The molecule has 0 saturated heterocycles. The maximum atomic E-state index is 12.2. The molecule has 0 bridgehead atoms. The lowest BCUT2D eigenvalue weighted by atomic mass is 10.1. The highest BCUT2D eigenvalue weighted by Crippen LogP contribution is 2.12. The van der Waals surface area contributed by atoms with E-state index in [0.29, 0.717) is 11.3 Å². The zero-order chi connectivity index (χ0) is 17.6. The van der Waals surface area contributed by atoms with Gasteiger partial charge in [0, 0.05) is 11.6 Å². The number of benzene rings is 1. The summed E-state index contributed by atoms with van der Waals surface area (Å²) in [6.07, 6.45) is 3.37. The van der Waals surface area contributed by atoms with Crippen molar-refractivity contribution in [3.8, 4) is 0 Å². The van der Waals surface area contributed by atoms with Gasteiger partial charge in [0.2, 0.25) is 10.0 Å². The van der Waals surface area contributed by atoms with Gasteiger partial charge in [-0.3, -0.25) is 4.79 Å². The maximum Gasteiger partial charge on any atom is 0.251 e. The molecule has 130 valence electrons. The average molecular weight is 350 g/mol. The fourth-order valence-corrected chi connectivity index (χ4v) is 3.25. The Morgan fingerprint density at radius 1 is 1.21 bits per heavy atom. The van der Waals surface area contributed by atoms with Gasteiger partial charge in [-0.15, -0.1) is 0 Å². The van der Waals surface area contributed by atoms with Gasteiger partial charge in [0.05, 0.1) is 17.7 Å². The van der Waals surface area contributed by atoms with E-state index in [0.717, 1.165) is 12.8 Å². The predicted molar refractivity (Wildman–Crippen MR) is 91.0 cm³/mol. The molecular formula is C17H22N2O4S. The van der Waals surface area contributed by atoms with Gasteiger partial charge in [-0.2, -0.15) is 0 Å². The van der Waals surface area contributed by atoms with Crippen molar-refractivity contribution in [1.29, 1.82) is 0 Å². The number of sulfonamides is 1. The molecule has 2 N–H and O–H groups in total. The molecule has 7 heteroatoms. The number of furan rings is 1. The van der Waals surface area contributed by atoms with Gasteiger partial charge in [-0.1, -0.05) is 13.3 Å². The molecule has 1 amide bonds. The lowest BCUT2D eigenvalue weighted by molar-refractivity contribution is 0.0938. The molecule has 2 rings (SSSR count). The highest BCUT2D eigenvalue weighted by molar-refractivity contribution is 7.89. The Labute approximate surface area is 142 Å². The van der Waals surface area contributed by atoms with Crippen molar-refractivity contribution >= 4 is 15.9 Å². The van der Waals surface area contributed by atoms with Crippen molar-refractivity contribution in [3.05, 3.63) is 54.0 Å². The van der Waals surface area contributed by atoms with E-state index >= 15 is 0 Å². The minimum Gasteiger partial charge on any atom is -0.468 e. The van der Waals surface area contributed by atoms with Crippen LogP contribution in [0.5, 0.6) is 0 Å². The molecule has 0 aliphatic heterocycles. The Morgan fingerprint density at radius 3 is 2.50 bits per heavy atom. The van der Waals surface area contributed by atoms with Gasteiger partial charge < -0.3 is 9.73 Å². The second-order valence-corrected chi connectivity index (χ2v) is 7.36. The number of carbonyl (C=O) groups is 1. The number of amides is 1. The Hall–Kier alpha value is -2.12. The average Bonchev–Trinajstić information content (AvgIpc) is 3.07. The summed E-state index contributed by atoms with van der Waals surface area (Å²) >= 11 is 0. The molecule has 0 aliphatic carbocycles. The van der Waals surface area contributed by atoms with Gasteiger partial charge in [-0.05, 0) is 49.7 Å². The van der Waals surface area contributed by atoms with Gasteiger partial charge in [0.1, 0.15) is 5.76 Å². The largest absolute Gasteiger partial charge is 0.468 e. The third kappa shape index (κ3) is 4.94. The molecule has 1 unspecified atom stereocenters. The van der Waals surface area contributed by atoms with Crippen molar-refractivity contribution in [1.82, 2.24) is 10.0 Å². The van der Waals surface area contributed by atoms with Crippen LogP contribution in [0.1, 0.15) is 42.8 Å². The van der Waals surface area contributed by atoms with Crippen LogP contribution in [-0.4, -0.2) is 20.4 Å². The summed E-state index contributed by atoms with van der Waals surface area (Å²) in [5.41, 5.74) is 0.433. The van der Waals surface area contributed by atoms with E-state index < -0.39 is 10.0 Å². The summed E-state index contributed by atoms with van der Waals surface area (Å²) in [4.78, 5) is 12.2. The smallest absolute Gasteiger partial charge is 0.251 e. The van der Waals surface area contributed by atoms with Gasteiger partial charge in [-0.25, -0.2) is 13.1 Å². The zero-order valence-corrected chi connectivity index (χ0v) is 14.6. The van der Waals surface area contributed by atoms with Crippen LogP contribution in [0.15, 0.2) is 52.0 Å². The molecule has 0 aliphatic rings. The van der Waals surface area contributed by atoms with Crippen LogP contribution in [0.2, 0.25) is 0 Å². The lowest BCUT2D eigenvalue weighted by Crippen LogP contribution is -2.32. The molecule has 2 aromatic rings. The van der Waals surface area contributed by atoms with Gasteiger partial charge in [0.15, 0.2) is 0 Å². The second kappa shape index (κ2) is 8.12. The Kier molecular flexibility index (Phi) is 6.16. The molecule has 1 aromatic heterocycles. The summed E-state index contributed by atoms with van der Waals surface area (Å²) < 4.78 is 32.0. The quantitative estimate of drug-likeness (QED) is 0.766. The number of carbonyl (C=O) groups excluding carboxylic acids is 1.